The van der Waals surface area contributed by atoms with Crippen molar-refractivity contribution in [2.75, 3.05) is 7.11 Å². The maximum atomic E-state index is 12.5. The molecule has 1 aromatic rings. The van der Waals surface area contributed by atoms with Gasteiger partial charge in [-0.15, -0.1) is 0 Å². The van der Waals surface area contributed by atoms with Gasteiger partial charge in [-0.05, 0) is 25.0 Å². The predicted octanol–water partition coefficient (Wildman–Crippen LogP) is 2.83. The van der Waals surface area contributed by atoms with Crippen LogP contribution in [0.4, 0.5) is 13.2 Å². The van der Waals surface area contributed by atoms with E-state index in [2.05, 4.69) is 0 Å². The molecule has 3 nitrogen and oxygen atoms in total. The Bertz CT molecular complexity index is 490. The normalized spacial score (nSPS) is 17.3. The highest BCUT2D eigenvalue weighted by Crippen LogP contribution is 2.52. The fraction of sp³-hybridized carbons (Fsp3) is 0.417. The van der Waals surface area contributed by atoms with Gasteiger partial charge in [-0.1, -0.05) is 6.07 Å². The summed E-state index contributed by atoms with van der Waals surface area (Å²) in [4.78, 5) is 11.2. The maximum Gasteiger partial charge on any atom is 0.416 e. The van der Waals surface area contributed by atoms with Gasteiger partial charge in [0.1, 0.15) is 5.75 Å². The van der Waals surface area contributed by atoms with E-state index < -0.39 is 23.1 Å². The second-order valence-electron chi connectivity index (χ2n) is 4.30. The van der Waals surface area contributed by atoms with E-state index in [1.165, 1.54) is 13.2 Å². The lowest BCUT2D eigenvalue weighted by Crippen LogP contribution is -2.20. The van der Waals surface area contributed by atoms with Gasteiger partial charge in [0, 0.05) is 5.56 Å². The van der Waals surface area contributed by atoms with E-state index in [1.807, 2.05) is 0 Å². The Morgan fingerprint density at radius 1 is 1.39 bits per heavy atom. The van der Waals surface area contributed by atoms with Crippen LogP contribution in [0.25, 0.3) is 0 Å². The number of carboxylic acid groups (broad SMARTS) is 1. The van der Waals surface area contributed by atoms with Crippen LogP contribution in [-0.2, 0) is 16.4 Å². The molecule has 1 N–H and O–H groups in total. The topological polar surface area (TPSA) is 46.5 Å². The summed E-state index contributed by atoms with van der Waals surface area (Å²) in [5.41, 5.74) is -1.61. The van der Waals surface area contributed by atoms with Gasteiger partial charge in [0.25, 0.3) is 0 Å². The van der Waals surface area contributed by atoms with Crippen molar-refractivity contribution in [3.05, 3.63) is 29.3 Å². The van der Waals surface area contributed by atoms with Crippen molar-refractivity contribution < 1.29 is 27.8 Å². The van der Waals surface area contributed by atoms with Crippen molar-refractivity contribution in [1.29, 1.82) is 0 Å². The van der Waals surface area contributed by atoms with Gasteiger partial charge < -0.3 is 9.84 Å². The quantitative estimate of drug-likeness (QED) is 0.909. The van der Waals surface area contributed by atoms with Crippen LogP contribution in [0.3, 0.4) is 0 Å². The first kappa shape index (κ1) is 12.7. The van der Waals surface area contributed by atoms with Crippen LogP contribution in [-0.4, -0.2) is 18.2 Å². The van der Waals surface area contributed by atoms with Gasteiger partial charge in [0.15, 0.2) is 0 Å². The van der Waals surface area contributed by atoms with Gasteiger partial charge in [0.05, 0.1) is 18.1 Å². The Morgan fingerprint density at radius 3 is 2.39 bits per heavy atom. The minimum absolute atomic E-state index is 0.0234. The second-order valence-corrected chi connectivity index (χ2v) is 4.30. The fourth-order valence-electron chi connectivity index (χ4n) is 1.99. The van der Waals surface area contributed by atoms with Crippen molar-refractivity contribution >= 4 is 5.97 Å². The molecule has 0 bridgehead atoms. The van der Waals surface area contributed by atoms with E-state index in [1.54, 1.807) is 0 Å². The molecular formula is C12H11F3O3. The summed E-state index contributed by atoms with van der Waals surface area (Å²) >= 11 is 0. The molecule has 0 aliphatic heterocycles. The standard InChI is InChI=1S/C12H11F3O3/c1-18-9-6-7(12(13,14)15)2-3-8(9)11(4-5-11)10(16)17/h2-3,6H,4-5H2,1H3,(H,16,17). The molecule has 1 fully saturated rings. The number of hydrogen-bond donors (Lipinski definition) is 1. The van der Waals surface area contributed by atoms with Gasteiger partial charge in [-0.3, -0.25) is 4.79 Å². The number of benzene rings is 1. The van der Waals surface area contributed by atoms with Gasteiger partial charge >= 0.3 is 12.1 Å². The highest BCUT2D eigenvalue weighted by molar-refractivity contribution is 5.86. The maximum absolute atomic E-state index is 12.5. The lowest BCUT2D eigenvalue weighted by molar-refractivity contribution is -0.140. The first-order chi connectivity index (χ1) is 8.31. The molecule has 0 amide bonds. The average Bonchev–Trinajstić information content (AvgIpc) is 3.08. The predicted molar refractivity (Wildman–Crippen MR) is 56.5 cm³/mol. The van der Waals surface area contributed by atoms with Crippen LogP contribution in [0.2, 0.25) is 0 Å². The molecule has 0 unspecified atom stereocenters. The third-order valence-electron chi connectivity index (χ3n) is 3.20. The Morgan fingerprint density at radius 2 is 2.00 bits per heavy atom. The molecule has 98 valence electrons. The number of rotatable bonds is 3. The number of carbonyl (C=O) groups is 1. The first-order valence-corrected chi connectivity index (χ1v) is 5.30. The zero-order chi connectivity index (χ0) is 13.6. The molecule has 0 saturated heterocycles. The van der Waals surface area contributed by atoms with Crippen molar-refractivity contribution in [3.63, 3.8) is 0 Å². The lowest BCUT2D eigenvalue weighted by atomic mass is 9.94. The Hall–Kier alpha value is -1.72. The number of hydrogen-bond acceptors (Lipinski definition) is 2. The molecule has 0 spiro atoms. The second kappa shape index (κ2) is 3.90. The van der Waals surface area contributed by atoms with Crippen LogP contribution in [0.15, 0.2) is 18.2 Å². The summed E-state index contributed by atoms with van der Waals surface area (Å²) in [7, 11) is 1.23. The molecule has 0 atom stereocenters. The molecule has 0 radical (unpaired) electrons. The Balaban J connectivity index is 2.48. The van der Waals surface area contributed by atoms with E-state index in [9.17, 15) is 18.0 Å². The van der Waals surface area contributed by atoms with E-state index in [4.69, 9.17) is 9.84 Å². The van der Waals surface area contributed by atoms with Crippen molar-refractivity contribution in [3.8, 4) is 5.75 Å². The Kier molecular flexibility index (Phi) is 2.76. The molecule has 1 aliphatic carbocycles. The highest BCUT2D eigenvalue weighted by atomic mass is 19.4. The van der Waals surface area contributed by atoms with E-state index in [0.717, 1.165) is 12.1 Å². The summed E-state index contributed by atoms with van der Waals surface area (Å²) in [5, 5.41) is 9.13. The van der Waals surface area contributed by atoms with Crippen molar-refractivity contribution in [1.82, 2.24) is 0 Å². The molecule has 1 aromatic carbocycles. The zero-order valence-corrected chi connectivity index (χ0v) is 9.54. The van der Waals surface area contributed by atoms with Crippen molar-refractivity contribution in [2.24, 2.45) is 0 Å². The minimum atomic E-state index is -4.47. The molecule has 1 aliphatic rings. The minimum Gasteiger partial charge on any atom is -0.496 e. The first-order valence-electron chi connectivity index (χ1n) is 5.30. The van der Waals surface area contributed by atoms with Crippen LogP contribution in [0.1, 0.15) is 24.0 Å². The van der Waals surface area contributed by atoms with E-state index >= 15 is 0 Å². The number of carboxylic acids is 1. The summed E-state index contributed by atoms with van der Waals surface area (Å²) in [6.45, 7) is 0. The summed E-state index contributed by atoms with van der Waals surface area (Å²) < 4.78 is 42.5. The van der Waals surface area contributed by atoms with E-state index in [-0.39, 0.29) is 5.75 Å². The van der Waals surface area contributed by atoms with E-state index in [0.29, 0.717) is 18.4 Å². The van der Waals surface area contributed by atoms with Gasteiger partial charge in [-0.25, -0.2) is 0 Å². The molecule has 0 aromatic heterocycles. The largest absolute Gasteiger partial charge is 0.496 e. The lowest BCUT2D eigenvalue weighted by Gasteiger charge is -2.16. The number of halogens is 3. The molecular weight excluding hydrogens is 249 g/mol. The summed E-state index contributed by atoms with van der Waals surface area (Å²) in [6.07, 6.45) is -3.63. The highest BCUT2D eigenvalue weighted by Gasteiger charge is 2.53. The van der Waals surface area contributed by atoms with Gasteiger partial charge in [0.2, 0.25) is 0 Å². The summed E-state index contributed by atoms with van der Waals surface area (Å²) in [6, 6.07) is 2.93. The third kappa shape index (κ3) is 1.91. The average molecular weight is 260 g/mol. The molecule has 2 rings (SSSR count). The van der Waals surface area contributed by atoms with Crippen LogP contribution in [0.5, 0.6) is 5.75 Å². The number of alkyl halides is 3. The van der Waals surface area contributed by atoms with Gasteiger partial charge in [-0.2, -0.15) is 13.2 Å². The summed E-state index contributed by atoms with van der Waals surface area (Å²) in [5.74, 6) is -1.05. The van der Waals surface area contributed by atoms with Crippen molar-refractivity contribution in [2.45, 2.75) is 24.4 Å². The monoisotopic (exact) mass is 260 g/mol. The number of methoxy groups -OCH3 is 1. The van der Waals surface area contributed by atoms with Crippen LogP contribution >= 0.6 is 0 Å². The third-order valence-corrected chi connectivity index (χ3v) is 3.20. The van der Waals surface area contributed by atoms with Crippen LogP contribution < -0.4 is 4.74 Å². The number of ether oxygens (including phenoxy) is 1. The van der Waals surface area contributed by atoms with Crippen LogP contribution in [0, 0.1) is 0 Å². The molecule has 6 heteroatoms. The molecule has 0 heterocycles. The smallest absolute Gasteiger partial charge is 0.416 e. The zero-order valence-electron chi connectivity index (χ0n) is 9.54. The molecule has 1 saturated carbocycles. The fourth-order valence-corrected chi connectivity index (χ4v) is 1.99. The SMILES string of the molecule is COc1cc(C(F)(F)F)ccc1C1(C(=O)O)CC1. The Labute approximate surface area is 101 Å². The molecule has 18 heavy (non-hydrogen) atoms. The number of aliphatic carboxylic acids is 1.